The van der Waals surface area contributed by atoms with Crippen LogP contribution in [0, 0.1) is 0 Å². The van der Waals surface area contributed by atoms with Gasteiger partial charge in [-0.15, -0.1) is 0 Å². The number of rotatable bonds is 2. The molecule has 23 heteroatoms. The maximum absolute atomic E-state index is 10.7. The van der Waals surface area contributed by atoms with Crippen LogP contribution in [0.5, 0.6) is 0 Å². The van der Waals surface area contributed by atoms with Crippen molar-refractivity contribution in [3.05, 3.63) is 54.2 Å². The van der Waals surface area contributed by atoms with E-state index in [2.05, 4.69) is 43.1 Å². The number of alkyl halides is 9. The molecule has 0 bridgehead atoms. The molecule has 0 amide bonds. The number of hydrogen-bond acceptors (Lipinski definition) is 10. The van der Waals surface area contributed by atoms with Crippen molar-refractivity contribution in [2.75, 3.05) is 0 Å². The molecule has 0 unspecified atom stereocenters. The molecule has 0 aliphatic heterocycles. The number of pyridine rings is 1. The summed E-state index contributed by atoms with van der Waals surface area (Å²) in [6, 6.07) is 14.5. The molecule has 1 aromatic carbocycles. The zero-order chi connectivity index (χ0) is 31.7. The summed E-state index contributed by atoms with van der Waals surface area (Å²) in [6.07, 6.45) is 1.97. The Bertz CT molecular complexity index is 1250. The first-order valence-electron chi connectivity index (χ1n) is 9.10. The van der Waals surface area contributed by atoms with Gasteiger partial charge in [0.1, 0.15) is 0 Å². The largest absolute Gasteiger partial charge is 3.00 e. The molecular weight excluding hydrogens is 730 g/mol. The summed E-state index contributed by atoms with van der Waals surface area (Å²) in [7, 11) is -18.3. The molecule has 2 aromatic rings. The molecule has 0 spiro atoms. The second-order valence-electron chi connectivity index (χ2n) is 6.70. The minimum absolute atomic E-state index is 0. The summed E-state index contributed by atoms with van der Waals surface area (Å²) < 4.78 is 177. The van der Waals surface area contributed by atoms with Crippen LogP contribution in [0.3, 0.4) is 0 Å². The van der Waals surface area contributed by atoms with Crippen LogP contribution in [0.2, 0.25) is 0 Å². The van der Waals surface area contributed by atoms with Crippen molar-refractivity contribution in [1.82, 2.24) is 4.98 Å². The Labute approximate surface area is 234 Å². The molecule has 1 aromatic heterocycles. The fraction of sp³-hybridized carbons (Fsp3) is 0.353. The van der Waals surface area contributed by atoms with Gasteiger partial charge in [-0.2, -0.15) is 39.5 Å². The molecule has 1 heterocycles. The Morgan fingerprint density at radius 2 is 0.925 bits per heavy atom. The number of hydrogen-bond donors (Lipinski definition) is 0. The summed E-state index contributed by atoms with van der Waals surface area (Å²) in [6.45, 7) is 4.36. The van der Waals surface area contributed by atoms with Crippen molar-refractivity contribution >= 4 is 30.4 Å². The zero-order valence-corrected chi connectivity index (χ0v) is 23.5. The zero-order valence-electron chi connectivity index (χ0n) is 19.3. The molecule has 0 fully saturated rings. The maximum atomic E-state index is 10.7. The van der Waals surface area contributed by atoms with Crippen LogP contribution in [-0.2, 0) is 49.8 Å². The number of aromatic nitrogens is 1. The van der Waals surface area contributed by atoms with Crippen LogP contribution < -0.4 is 0 Å². The first-order valence-corrected chi connectivity index (χ1v) is 13.3. The predicted octanol–water partition coefficient (Wildman–Crippen LogP) is 4.02. The Morgan fingerprint density at radius 3 is 1.12 bits per heavy atom. The first kappa shape index (κ1) is 42.6. The van der Waals surface area contributed by atoms with Crippen LogP contribution in [0.15, 0.2) is 48.7 Å². The van der Waals surface area contributed by atoms with E-state index in [4.69, 9.17) is 38.9 Å². The molecule has 0 atom stereocenters. The molecular formula is C17H15F9NO9RuS3. The summed E-state index contributed by atoms with van der Waals surface area (Å²) in [5.74, 6) is 0.544. The predicted molar refractivity (Wildman–Crippen MR) is 111 cm³/mol. The van der Waals surface area contributed by atoms with E-state index in [0.717, 1.165) is 5.69 Å². The second kappa shape index (κ2) is 15.9. The normalized spacial score (nSPS) is 12.4. The molecule has 2 rings (SSSR count). The molecule has 231 valence electrons. The van der Waals surface area contributed by atoms with Crippen LogP contribution in [-0.4, -0.2) is 60.4 Å². The summed E-state index contributed by atoms with van der Waals surface area (Å²) in [5.41, 5.74) is -13.4. The van der Waals surface area contributed by atoms with Gasteiger partial charge in [-0.25, -0.2) is 25.3 Å². The van der Waals surface area contributed by atoms with Crippen LogP contribution in [0.4, 0.5) is 39.5 Å². The van der Waals surface area contributed by atoms with Gasteiger partial charge in [0.15, 0.2) is 30.4 Å². The van der Waals surface area contributed by atoms with Crippen LogP contribution in [0.1, 0.15) is 25.3 Å². The summed E-state index contributed by atoms with van der Waals surface area (Å²) in [5, 5.41) is 0. The molecule has 40 heavy (non-hydrogen) atoms. The Kier molecular flexibility index (Phi) is 16.9. The van der Waals surface area contributed by atoms with E-state index in [9.17, 15) is 39.5 Å². The average Bonchev–Trinajstić information content (AvgIpc) is 2.71. The van der Waals surface area contributed by atoms with E-state index in [0.29, 0.717) is 5.92 Å². The number of benzene rings is 1. The minimum atomic E-state index is -6.09. The topological polar surface area (TPSA) is 184 Å². The van der Waals surface area contributed by atoms with Crippen LogP contribution >= 0.6 is 0 Å². The number of halogens is 9. The monoisotopic (exact) mass is 746 g/mol. The summed E-state index contributed by atoms with van der Waals surface area (Å²) >= 11 is 0. The van der Waals surface area contributed by atoms with Crippen molar-refractivity contribution in [3.63, 3.8) is 0 Å². The van der Waals surface area contributed by atoms with Gasteiger partial charge in [-0.3, -0.25) is 4.98 Å². The van der Waals surface area contributed by atoms with Gasteiger partial charge in [0, 0.05) is 11.8 Å². The van der Waals surface area contributed by atoms with E-state index >= 15 is 0 Å². The van der Waals surface area contributed by atoms with Crippen molar-refractivity contribution in [2.24, 2.45) is 0 Å². The Hall–Kier alpha value is -1.91. The molecule has 0 aliphatic carbocycles. The van der Waals surface area contributed by atoms with E-state index in [1.165, 1.54) is 11.1 Å². The smallest absolute Gasteiger partial charge is 0.741 e. The van der Waals surface area contributed by atoms with Crippen molar-refractivity contribution in [3.8, 4) is 11.3 Å². The fourth-order valence-corrected chi connectivity index (χ4v) is 1.53. The van der Waals surface area contributed by atoms with E-state index in [-0.39, 0.29) is 19.5 Å². The summed E-state index contributed by atoms with van der Waals surface area (Å²) in [4.78, 5) is 4.47. The molecule has 0 saturated carbocycles. The third-order valence-electron chi connectivity index (χ3n) is 3.37. The van der Waals surface area contributed by atoms with Crippen molar-refractivity contribution < 1.29 is 97.9 Å². The first-order chi connectivity index (χ1) is 17.0. The molecule has 0 aliphatic rings. The Morgan fingerprint density at radius 1 is 0.625 bits per heavy atom. The average molecular weight is 746 g/mol. The van der Waals surface area contributed by atoms with E-state index in [1.54, 1.807) is 0 Å². The maximum Gasteiger partial charge on any atom is 3.00 e. The van der Waals surface area contributed by atoms with E-state index < -0.39 is 46.9 Å². The molecule has 1 radical (unpaired) electrons. The van der Waals surface area contributed by atoms with E-state index in [1.807, 2.05) is 24.4 Å². The molecule has 0 N–H and O–H groups in total. The Balaban J connectivity index is -0.000000480. The molecule has 10 nitrogen and oxygen atoms in total. The third-order valence-corrected chi connectivity index (χ3v) is 5.07. The quantitative estimate of drug-likeness (QED) is 0.188. The van der Waals surface area contributed by atoms with Crippen molar-refractivity contribution in [1.29, 1.82) is 0 Å². The minimum Gasteiger partial charge on any atom is -0.741 e. The van der Waals surface area contributed by atoms with Crippen molar-refractivity contribution in [2.45, 2.75) is 36.3 Å². The fourth-order valence-electron chi connectivity index (χ4n) is 1.53. The second-order valence-corrected chi connectivity index (χ2v) is 10.8. The van der Waals surface area contributed by atoms with Gasteiger partial charge in [-0.05, 0) is 17.5 Å². The molecule has 0 saturated heterocycles. The van der Waals surface area contributed by atoms with Gasteiger partial charge in [0.25, 0.3) is 0 Å². The third kappa shape index (κ3) is 17.0. The van der Waals surface area contributed by atoms with Gasteiger partial charge in [0.2, 0.25) is 0 Å². The SMILES string of the molecule is CC(C)c1ccc(-c2ccccc2)nc1.O=S(=O)([O-])C(F)(F)F.O=S(=O)([O-])C(F)(F)F.O=S(=O)([O-])C(F)(F)F.[Ru+3]. The van der Waals surface area contributed by atoms with Gasteiger partial charge < -0.3 is 13.7 Å². The number of nitrogens with zero attached hydrogens (tertiary/aromatic N) is 1. The standard InChI is InChI=1S/C14H15N.3CHF3O3S.Ru/c1-11(2)13-8-9-14(15-10-13)12-6-4-3-5-7-12;3*2-1(3,4)8(5,6)7;/h3-11H,1-2H3;3*(H,5,6,7);/q;;;;+3/p-3. The van der Waals surface area contributed by atoms with Gasteiger partial charge in [0.05, 0.1) is 5.69 Å². The van der Waals surface area contributed by atoms with Gasteiger partial charge in [-0.1, -0.05) is 50.2 Å². The van der Waals surface area contributed by atoms with Crippen LogP contribution in [0.25, 0.3) is 11.3 Å². The van der Waals surface area contributed by atoms with Gasteiger partial charge >= 0.3 is 36.0 Å².